The normalized spacial score (nSPS) is 11.5. The second-order valence-corrected chi connectivity index (χ2v) is 12.6. The summed E-state index contributed by atoms with van der Waals surface area (Å²) in [4.78, 5) is 0. The molecule has 12 heteroatoms. The van der Waals surface area contributed by atoms with Gasteiger partial charge in [-0.25, -0.2) is 5.84 Å². The summed E-state index contributed by atoms with van der Waals surface area (Å²) in [7, 11) is 3.88. The lowest BCUT2D eigenvalue weighted by atomic mass is 10.1. The van der Waals surface area contributed by atoms with Crippen LogP contribution in [0.25, 0.3) is 17.0 Å². The fourth-order valence-corrected chi connectivity index (χ4v) is 5.77. The summed E-state index contributed by atoms with van der Waals surface area (Å²) in [5.74, 6) is 7.97. The van der Waals surface area contributed by atoms with Crippen molar-refractivity contribution in [1.82, 2.24) is 30.6 Å². The summed E-state index contributed by atoms with van der Waals surface area (Å²) < 4.78 is 15.5. The Morgan fingerprint density at radius 1 is 0.870 bits per heavy atom. The number of hydrogen-bond acceptors (Lipinski definition) is 9. The summed E-state index contributed by atoms with van der Waals surface area (Å²) in [6, 6.07) is 20.3. The number of halogens is 2. The molecule has 0 aliphatic heterocycles. The molecule has 0 fully saturated rings. The van der Waals surface area contributed by atoms with E-state index in [2.05, 4.69) is 77.1 Å². The number of hydrazine groups is 1. The number of nitrogens with two attached hydrogens (primary N) is 2. The minimum absolute atomic E-state index is 0.588. The van der Waals surface area contributed by atoms with Crippen LogP contribution in [0, 0.1) is 0 Å². The number of nitrogens with zero attached hydrogens (tertiary/aromatic N) is 4. The zero-order chi connectivity index (χ0) is 32.7. The molecule has 0 amide bonds. The van der Waals surface area contributed by atoms with E-state index in [1.807, 2.05) is 61.4 Å². The number of aryl methyl sites for hydroxylation is 2. The van der Waals surface area contributed by atoms with Gasteiger partial charge in [-0.1, -0.05) is 41.6 Å². The Morgan fingerprint density at radius 3 is 2.02 bits per heavy atom. The number of nitrogens with one attached hydrogen (secondary N) is 2. The highest BCUT2D eigenvalue weighted by atomic mass is 79.9. The van der Waals surface area contributed by atoms with Gasteiger partial charge in [0, 0.05) is 24.9 Å². The van der Waals surface area contributed by atoms with Gasteiger partial charge >= 0.3 is 0 Å². The van der Waals surface area contributed by atoms with E-state index in [-0.39, 0.29) is 0 Å². The molecule has 0 bridgehead atoms. The second kappa shape index (κ2) is 18.7. The van der Waals surface area contributed by atoms with Gasteiger partial charge in [0.1, 0.15) is 17.2 Å². The Balaban J connectivity index is 1.25. The smallest absolute Gasteiger partial charge is 0.133 e. The molecule has 10 nitrogen and oxygen atoms in total. The van der Waals surface area contributed by atoms with Gasteiger partial charge in [-0.05, 0) is 126 Å². The van der Waals surface area contributed by atoms with Crippen LogP contribution < -0.4 is 31.7 Å². The lowest BCUT2D eigenvalue weighted by Gasteiger charge is -2.16. The van der Waals surface area contributed by atoms with Crippen molar-refractivity contribution < 1.29 is 9.47 Å². The number of hydrogen-bond donors (Lipinski definition) is 4. The monoisotopic (exact) mass is 754 g/mol. The molecule has 0 spiro atoms. The number of rotatable bonds is 19. The van der Waals surface area contributed by atoms with Crippen molar-refractivity contribution in [3.63, 3.8) is 0 Å². The zero-order valence-electron chi connectivity index (χ0n) is 26.5. The van der Waals surface area contributed by atoms with Crippen LogP contribution in [0.1, 0.15) is 29.5 Å². The summed E-state index contributed by atoms with van der Waals surface area (Å²) >= 11 is 7.25. The molecule has 0 unspecified atom stereocenters. The number of benzene rings is 3. The summed E-state index contributed by atoms with van der Waals surface area (Å²) in [6.45, 7) is 4.54. The van der Waals surface area contributed by atoms with E-state index in [1.54, 1.807) is 11.2 Å². The Kier molecular flexibility index (Phi) is 14.4. The molecule has 1 heterocycles. The molecular weight excluding hydrogens is 712 g/mol. The standard InChI is InChI=1S/C34H44Br2N8O2/c1-39-15-3-19-45-33-11-5-25(21-29(33)35)13-17-43(38)23-31(37)27-7-9-28(10-8-27)32-24-44(42-41-32)18-14-26-6-12-34(30(36)22-26)46-20-4-16-40-2/h5-12,21-24,39-40H,3-4,13-20,37-38H2,1-2H3/b31-23-. The van der Waals surface area contributed by atoms with Crippen LogP contribution in [-0.4, -0.2) is 66.9 Å². The maximum absolute atomic E-state index is 6.39. The molecule has 246 valence electrons. The van der Waals surface area contributed by atoms with Crippen molar-refractivity contribution in [1.29, 1.82) is 0 Å². The largest absolute Gasteiger partial charge is 0.492 e. The highest BCUT2D eigenvalue weighted by molar-refractivity contribution is 9.10. The molecule has 0 saturated carbocycles. The fourth-order valence-electron chi connectivity index (χ4n) is 4.69. The maximum atomic E-state index is 6.39. The minimum atomic E-state index is 0.588. The Hall–Kier alpha value is -3.42. The molecule has 0 radical (unpaired) electrons. The van der Waals surface area contributed by atoms with Crippen LogP contribution >= 0.6 is 31.9 Å². The van der Waals surface area contributed by atoms with Crippen LogP contribution in [0.5, 0.6) is 11.5 Å². The molecule has 0 aliphatic rings. The Labute approximate surface area is 288 Å². The van der Waals surface area contributed by atoms with E-state index in [4.69, 9.17) is 21.1 Å². The molecule has 1 aromatic heterocycles. The Bertz CT molecular complexity index is 1540. The summed E-state index contributed by atoms with van der Waals surface area (Å²) in [5.41, 5.74) is 12.0. The molecular formula is C34H44Br2N8O2. The molecule has 0 atom stereocenters. The molecule has 0 aliphatic carbocycles. The first-order chi connectivity index (χ1) is 22.4. The minimum Gasteiger partial charge on any atom is -0.492 e. The van der Waals surface area contributed by atoms with Crippen molar-refractivity contribution in [2.24, 2.45) is 11.6 Å². The van der Waals surface area contributed by atoms with Crippen LogP contribution in [0.2, 0.25) is 0 Å². The van der Waals surface area contributed by atoms with Gasteiger partial charge in [0.2, 0.25) is 0 Å². The lowest BCUT2D eigenvalue weighted by Crippen LogP contribution is -2.28. The first-order valence-electron chi connectivity index (χ1n) is 15.5. The highest BCUT2D eigenvalue weighted by Crippen LogP contribution is 2.28. The van der Waals surface area contributed by atoms with Crippen LogP contribution in [-0.2, 0) is 19.4 Å². The molecule has 0 saturated heterocycles. The first-order valence-corrected chi connectivity index (χ1v) is 17.1. The number of aromatic nitrogens is 3. The van der Waals surface area contributed by atoms with Gasteiger partial charge in [-0.3, -0.25) is 4.68 Å². The topological polar surface area (TPSA) is 129 Å². The van der Waals surface area contributed by atoms with Crippen molar-refractivity contribution in [3.8, 4) is 22.8 Å². The Morgan fingerprint density at radius 2 is 1.46 bits per heavy atom. The maximum Gasteiger partial charge on any atom is 0.133 e. The molecule has 6 N–H and O–H groups in total. The highest BCUT2D eigenvalue weighted by Gasteiger charge is 2.09. The molecule has 4 rings (SSSR count). The van der Waals surface area contributed by atoms with E-state index < -0.39 is 0 Å². The zero-order valence-corrected chi connectivity index (χ0v) is 29.7. The van der Waals surface area contributed by atoms with Gasteiger partial charge < -0.3 is 30.8 Å². The lowest BCUT2D eigenvalue weighted by molar-refractivity contribution is 0.307. The van der Waals surface area contributed by atoms with Gasteiger partial charge in [-0.2, -0.15) is 0 Å². The van der Waals surface area contributed by atoms with E-state index in [0.717, 1.165) is 81.6 Å². The predicted molar refractivity (Wildman–Crippen MR) is 192 cm³/mol. The van der Waals surface area contributed by atoms with Crippen molar-refractivity contribution in [3.05, 3.63) is 98.7 Å². The van der Waals surface area contributed by atoms with E-state index in [9.17, 15) is 0 Å². The van der Waals surface area contributed by atoms with Gasteiger partial charge in [0.25, 0.3) is 0 Å². The van der Waals surface area contributed by atoms with Crippen LogP contribution in [0.15, 0.2) is 82.0 Å². The number of ether oxygens (including phenoxy) is 2. The third-order valence-corrected chi connectivity index (χ3v) is 8.54. The first kappa shape index (κ1) is 35.4. The molecule has 46 heavy (non-hydrogen) atoms. The van der Waals surface area contributed by atoms with Crippen molar-refractivity contribution >= 4 is 37.6 Å². The SMILES string of the molecule is CNCCCOc1ccc(CCN(N)/C=C(\N)c2ccc(-c3cn(CCc4ccc(OCCCNC)c(Br)c4)nn3)cc2)cc1Br. The van der Waals surface area contributed by atoms with Gasteiger partial charge in [-0.15, -0.1) is 5.10 Å². The third-order valence-electron chi connectivity index (χ3n) is 7.30. The average Bonchev–Trinajstić information content (AvgIpc) is 3.54. The van der Waals surface area contributed by atoms with Crippen molar-refractivity contribution in [2.45, 2.75) is 32.2 Å². The van der Waals surface area contributed by atoms with E-state index in [1.165, 1.54) is 5.56 Å². The van der Waals surface area contributed by atoms with Crippen LogP contribution in [0.4, 0.5) is 0 Å². The van der Waals surface area contributed by atoms with Crippen LogP contribution in [0.3, 0.4) is 0 Å². The van der Waals surface area contributed by atoms with E-state index in [0.29, 0.717) is 32.0 Å². The molecule has 4 aromatic rings. The molecule has 3 aromatic carbocycles. The fraction of sp³-hybridized carbons (Fsp3) is 0.353. The predicted octanol–water partition coefficient (Wildman–Crippen LogP) is 5.36. The van der Waals surface area contributed by atoms with Gasteiger partial charge in [0.05, 0.1) is 34.1 Å². The average molecular weight is 757 g/mol. The van der Waals surface area contributed by atoms with Gasteiger partial charge in [0.15, 0.2) is 0 Å². The quantitative estimate of drug-likeness (QED) is 0.0568. The van der Waals surface area contributed by atoms with Crippen molar-refractivity contribution in [2.75, 3.05) is 46.9 Å². The van der Waals surface area contributed by atoms with E-state index >= 15 is 0 Å². The second-order valence-electron chi connectivity index (χ2n) is 10.9. The summed E-state index contributed by atoms with van der Waals surface area (Å²) in [6.07, 6.45) is 7.23. The third kappa shape index (κ3) is 11.1. The summed E-state index contributed by atoms with van der Waals surface area (Å²) in [5, 5.41) is 16.6.